The van der Waals surface area contributed by atoms with Gasteiger partial charge in [0.15, 0.2) is 5.76 Å². The fourth-order valence-electron chi connectivity index (χ4n) is 3.06. The summed E-state index contributed by atoms with van der Waals surface area (Å²) >= 11 is 0. The van der Waals surface area contributed by atoms with Gasteiger partial charge in [-0.25, -0.2) is 0 Å². The SMILES string of the molecule is CCc1onc(C)c1NC(=O)C1CC(=O)N(Cc2ccc(C)cc2)C1. The molecule has 1 fully saturated rings. The summed E-state index contributed by atoms with van der Waals surface area (Å²) in [5, 5.41) is 6.78. The zero-order chi connectivity index (χ0) is 18.0. The van der Waals surface area contributed by atoms with Crippen LogP contribution in [0.1, 0.15) is 35.9 Å². The highest BCUT2D eigenvalue weighted by atomic mass is 16.5. The summed E-state index contributed by atoms with van der Waals surface area (Å²) in [5.41, 5.74) is 3.55. The van der Waals surface area contributed by atoms with E-state index in [1.807, 2.05) is 38.1 Å². The summed E-state index contributed by atoms with van der Waals surface area (Å²) in [7, 11) is 0. The first-order chi connectivity index (χ1) is 12.0. The van der Waals surface area contributed by atoms with Gasteiger partial charge in [-0.15, -0.1) is 0 Å². The summed E-state index contributed by atoms with van der Waals surface area (Å²) in [6.45, 7) is 6.74. The summed E-state index contributed by atoms with van der Waals surface area (Å²) in [6.07, 6.45) is 0.892. The molecule has 1 aliphatic heterocycles. The molecule has 3 rings (SSSR count). The number of nitrogens with one attached hydrogen (secondary N) is 1. The summed E-state index contributed by atoms with van der Waals surface area (Å²) in [5.74, 6) is 0.169. The van der Waals surface area contributed by atoms with Crippen LogP contribution in [-0.2, 0) is 22.6 Å². The van der Waals surface area contributed by atoms with Gasteiger partial charge in [0.2, 0.25) is 11.8 Å². The number of rotatable bonds is 5. The molecule has 1 aromatic heterocycles. The van der Waals surface area contributed by atoms with Gasteiger partial charge < -0.3 is 14.7 Å². The minimum Gasteiger partial charge on any atom is -0.359 e. The largest absolute Gasteiger partial charge is 0.359 e. The van der Waals surface area contributed by atoms with Crippen molar-refractivity contribution in [2.45, 2.75) is 40.2 Å². The molecule has 1 atom stereocenters. The second kappa shape index (κ2) is 7.09. The van der Waals surface area contributed by atoms with Gasteiger partial charge in [-0.05, 0) is 19.4 Å². The molecule has 6 nitrogen and oxygen atoms in total. The Morgan fingerprint density at radius 3 is 2.72 bits per heavy atom. The molecule has 0 radical (unpaired) electrons. The Bertz CT molecular complexity index is 780. The molecule has 132 valence electrons. The zero-order valence-electron chi connectivity index (χ0n) is 14.8. The van der Waals surface area contributed by atoms with Crippen LogP contribution in [0.3, 0.4) is 0 Å². The third kappa shape index (κ3) is 3.73. The van der Waals surface area contributed by atoms with Crippen LogP contribution in [0.5, 0.6) is 0 Å². The number of anilines is 1. The second-order valence-corrected chi connectivity index (χ2v) is 6.57. The molecule has 0 aliphatic carbocycles. The van der Waals surface area contributed by atoms with Crippen molar-refractivity contribution in [1.82, 2.24) is 10.1 Å². The van der Waals surface area contributed by atoms with Gasteiger partial charge >= 0.3 is 0 Å². The van der Waals surface area contributed by atoms with Crippen LogP contribution in [0.4, 0.5) is 5.69 Å². The molecule has 0 spiro atoms. The minimum atomic E-state index is -0.350. The Balaban J connectivity index is 1.64. The van der Waals surface area contributed by atoms with E-state index < -0.39 is 0 Å². The molecule has 0 saturated carbocycles. The van der Waals surface area contributed by atoms with Gasteiger partial charge in [0.25, 0.3) is 0 Å². The predicted octanol–water partition coefficient (Wildman–Crippen LogP) is 2.84. The van der Waals surface area contributed by atoms with Crippen molar-refractivity contribution in [2.24, 2.45) is 5.92 Å². The molecule has 25 heavy (non-hydrogen) atoms. The number of amides is 2. The smallest absolute Gasteiger partial charge is 0.229 e. The average molecular weight is 341 g/mol. The van der Waals surface area contributed by atoms with Gasteiger partial charge in [-0.3, -0.25) is 9.59 Å². The van der Waals surface area contributed by atoms with E-state index in [1.54, 1.807) is 11.8 Å². The maximum absolute atomic E-state index is 12.6. The van der Waals surface area contributed by atoms with E-state index in [-0.39, 0.29) is 24.2 Å². The number of aryl methyl sites for hydroxylation is 3. The molecule has 6 heteroatoms. The number of benzene rings is 1. The third-order valence-electron chi connectivity index (χ3n) is 4.58. The second-order valence-electron chi connectivity index (χ2n) is 6.57. The topological polar surface area (TPSA) is 75.4 Å². The quantitative estimate of drug-likeness (QED) is 0.907. The molecule has 2 heterocycles. The van der Waals surface area contributed by atoms with Crippen molar-refractivity contribution < 1.29 is 14.1 Å². The first-order valence-electron chi connectivity index (χ1n) is 8.57. The maximum atomic E-state index is 12.6. The highest BCUT2D eigenvalue weighted by molar-refractivity contribution is 5.97. The van der Waals surface area contributed by atoms with Crippen LogP contribution in [0, 0.1) is 19.8 Å². The van der Waals surface area contributed by atoms with Crippen molar-refractivity contribution in [3.05, 3.63) is 46.8 Å². The number of nitrogens with zero attached hydrogens (tertiary/aromatic N) is 2. The van der Waals surface area contributed by atoms with Crippen LogP contribution in [0.2, 0.25) is 0 Å². The predicted molar refractivity (Wildman–Crippen MR) is 94.0 cm³/mol. The number of aromatic nitrogens is 1. The molecule has 1 N–H and O–H groups in total. The number of hydrogen-bond acceptors (Lipinski definition) is 4. The van der Waals surface area contributed by atoms with Crippen LogP contribution in [0.25, 0.3) is 0 Å². The van der Waals surface area contributed by atoms with Crippen molar-refractivity contribution in [1.29, 1.82) is 0 Å². The fraction of sp³-hybridized carbons (Fsp3) is 0.421. The van der Waals surface area contributed by atoms with Crippen LogP contribution >= 0.6 is 0 Å². The summed E-state index contributed by atoms with van der Waals surface area (Å²) in [6, 6.07) is 8.09. The summed E-state index contributed by atoms with van der Waals surface area (Å²) in [4.78, 5) is 26.6. The van der Waals surface area contributed by atoms with Crippen LogP contribution in [-0.4, -0.2) is 28.4 Å². The lowest BCUT2D eigenvalue weighted by molar-refractivity contribution is -0.128. The Kier molecular flexibility index (Phi) is 4.88. The Morgan fingerprint density at radius 2 is 2.04 bits per heavy atom. The van der Waals surface area contributed by atoms with Gasteiger partial charge in [0.05, 0.1) is 5.92 Å². The zero-order valence-corrected chi connectivity index (χ0v) is 14.8. The first kappa shape index (κ1) is 17.2. The molecule has 2 aromatic rings. The maximum Gasteiger partial charge on any atom is 0.229 e. The Labute approximate surface area is 147 Å². The van der Waals surface area contributed by atoms with Crippen molar-refractivity contribution >= 4 is 17.5 Å². The molecule has 0 bridgehead atoms. The Hall–Kier alpha value is -2.63. The lowest BCUT2D eigenvalue weighted by atomic mass is 10.1. The van der Waals surface area contributed by atoms with Crippen molar-refractivity contribution in [3.8, 4) is 0 Å². The van der Waals surface area contributed by atoms with Crippen LogP contribution in [0.15, 0.2) is 28.8 Å². The first-order valence-corrected chi connectivity index (χ1v) is 8.57. The van der Waals surface area contributed by atoms with E-state index >= 15 is 0 Å². The van der Waals surface area contributed by atoms with E-state index in [9.17, 15) is 9.59 Å². The molecule has 1 aromatic carbocycles. The van der Waals surface area contributed by atoms with E-state index in [0.29, 0.717) is 36.7 Å². The van der Waals surface area contributed by atoms with Gasteiger partial charge in [0.1, 0.15) is 11.4 Å². The van der Waals surface area contributed by atoms with E-state index in [2.05, 4.69) is 10.5 Å². The number of likely N-dealkylation sites (tertiary alicyclic amines) is 1. The number of carbonyl (C=O) groups excluding carboxylic acids is 2. The molecular formula is C19H23N3O3. The Morgan fingerprint density at radius 1 is 1.32 bits per heavy atom. The molecular weight excluding hydrogens is 318 g/mol. The molecule has 1 saturated heterocycles. The monoisotopic (exact) mass is 341 g/mol. The lowest BCUT2D eigenvalue weighted by Crippen LogP contribution is -2.28. The van der Waals surface area contributed by atoms with E-state index in [4.69, 9.17) is 4.52 Å². The summed E-state index contributed by atoms with van der Waals surface area (Å²) < 4.78 is 5.20. The van der Waals surface area contributed by atoms with Crippen LogP contribution < -0.4 is 5.32 Å². The lowest BCUT2D eigenvalue weighted by Gasteiger charge is -2.17. The molecule has 1 unspecified atom stereocenters. The normalized spacial score (nSPS) is 17.2. The van der Waals surface area contributed by atoms with E-state index in [0.717, 1.165) is 5.56 Å². The third-order valence-corrected chi connectivity index (χ3v) is 4.58. The highest BCUT2D eigenvalue weighted by Crippen LogP contribution is 2.25. The van der Waals surface area contributed by atoms with Gasteiger partial charge in [-0.2, -0.15) is 0 Å². The minimum absolute atomic E-state index is 0.0125. The standard InChI is InChI=1S/C19H23N3O3/c1-4-16-18(13(3)21-25-16)20-19(24)15-9-17(23)22(11-15)10-14-7-5-12(2)6-8-14/h5-8,15H,4,9-11H2,1-3H3,(H,20,24). The van der Waals surface area contributed by atoms with Crippen molar-refractivity contribution in [2.75, 3.05) is 11.9 Å². The van der Waals surface area contributed by atoms with E-state index in [1.165, 1.54) is 5.56 Å². The van der Waals surface area contributed by atoms with Gasteiger partial charge in [0, 0.05) is 25.9 Å². The fourth-order valence-corrected chi connectivity index (χ4v) is 3.06. The van der Waals surface area contributed by atoms with Gasteiger partial charge in [-0.1, -0.05) is 41.9 Å². The highest BCUT2D eigenvalue weighted by Gasteiger charge is 2.34. The molecule has 2 amide bonds. The average Bonchev–Trinajstić information content (AvgIpc) is 3.13. The van der Waals surface area contributed by atoms with Crippen molar-refractivity contribution in [3.63, 3.8) is 0 Å². The number of hydrogen-bond donors (Lipinski definition) is 1. The molecule has 1 aliphatic rings. The number of carbonyl (C=O) groups is 2.